The second-order valence-corrected chi connectivity index (χ2v) is 18.3. The van der Waals surface area contributed by atoms with E-state index in [4.69, 9.17) is 19.5 Å². The van der Waals surface area contributed by atoms with Crippen LogP contribution in [-0.4, -0.2) is 145 Å². The Kier molecular flexibility index (Phi) is 16.8. The predicted molar refractivity (Wildman–Crippen MR) is 191 cm³/mol. The molecule has 0 bridgehead atoms. The maximum absolute atomic E-state index is 12.7. The average Bonchev–Trinajstić information content (AvgIpc) is 3.67. The Balaban J connectivity index is 1.48. The second-order valence-electron chi connectivity index (χ2n) is 12.9. The van der Waals surface area contributed by atoms with Gasteiger partial charge in [-0.05, 0) is 13.8 Å². The third-order valence-corrected chi connectivity index (χ3v) is 11.6. The van der Waals surface area contributed by atoms with E-state index in [1.54, 1.807) is 0 Å². The van der Waals surface area contributed by atoms with Crippen molar-refractivity contribution in [2.45, 2.75) is 70.8 Å². The molecule has 31 heteroatoms. The van der Waals surface area contributed by atoms with Crippen molar-refractivity contribution in [2.75, 3.05) is 37.8 Å². The number of amides is 3. The lowest BCUT2D eigenvalue weighted by molar-refractivity contribution is -0.173. The number of hydrogen-bond acceptors (Lipinski definition) is 20. The Labute approximate surface area is 327 Å². The minimum atomic E-state index is -5.60. The van der Waals surface area contributed by atoms with E-state index >= 15 is 0 Å². The van der Waals surface area contributed by atoms with Crippen molar-refractivity contribution in [1.82, 2.24) is 35.2 Å². The van der Waals surface area contributed by atoms with Gasteiger partial charge in [-0.1, -0.05) is 25.6 Å². The fraction of sp³-hybridized carbons (Fsp3) is 0.654. The standard InChI is InChI=1S/C26H43N8O19P3S/c1-13(2)34(41)23(39)25(40)57-8-7-28-15(35)5-6-29-22(38)19(37)26(3,4)10-50-56(47,48)53-55(45,46)49-9-14-18(52-54(42,43)44)17(36)24(51-14)33-12-32-16-20(27)30-11-31-21(16)33/h11-14,17-19,24,36-37,41H,5-10H2,1-4H3,(H,28,35)(H,29,38)(H,45,46)(H,47,48)(H2,27,30,31)(H2,42,43,44). The number of phosphoric acid groups is 3. The molecule has 57 heavy (non-hydrogen) atoms. The van der Waals surface area contributed by atoms with Crippen LogP contribution in [0.2, 0.25) is 0 Å². The number of anilines is 1. The predicted octanol–water partition coefficient (Wildman–Crippen LogP) is -1.71. The first-order valence-corrected chi connectivity index (χ1v) is 21.8. The van der Waals surface area contributed by atoms with E-state index in [-0.39, 0.29) is 47.3 Å². The van der Waals surface area contributed by atoms with E-state index in [0.717, 1.165) is 17.2 Å². The zero-order chi connectivity index (χ0) is 43.1. The number of hydroxylamine groups is 2. The molecule has 0 spiro atoms. The Morgan fingerprint density at radius 2 is 1.70 bits per heavy atom. The number of ether oxygens (including phenoxy) is 1. The van der Waals surface area contributed by atoms with E-state index in [0.29, 0.717) is 11.8 Å². The van der Waals surface area contributed by atoms with Gasteiger partial charge in [0.2, 0.25) is 11.8 Å². The smallest absolute Gasteiger partial charge is 0.386 e. The molecule has 7 unspecified atom stereocenters. The molecule has 322 valence electrons. The second kappa shape index (κ2) is 19.8. The first-order chi connectivity index (χ1) is 26.2. The normalized spacial score (nSPS) is 21.5. The summed E-state index contributed by atoms with van der Waals surface area (Å²) in [6.45, 7) is 3.02. The number of fused-ring (bicyclic) bond motifs is 1. The summed E-state index contributed by atoms with van der Waals surface area (Å²) in [7, 11) is -16.5. The van der Waals surface area contributed by atoms with Gasteiger partial charge in [-0.2, -0.15) is 4.31 Å². The topological polar surface area (TPSA) is 404 Å². The van der Waals surface area contributed by atoms with Gasteiger partial charge in [0.25, 0.3) is 5.12 Å². The number of nitrogen functional groups attached to an aromatic ring is 1. The van der Waals surface area contributed by atoms with Crippen LogP contribution in [0.1, 0.15) is 40.3 Å². The monoisotopic (exact) mass is 896 g/mol. The maximum atomic E-state index is 12.7. The van der Waals surface area contributed by atoms with Crippen molar-refractivity contribution in [3.05, 3.63) is 12.7 Å². The van der Waals surface area contributed by atoms with Gasteiger partial charge in [0, 0.05) is 30.7 Å². The third-order valence-electron chi connectivity index (χ3n) is 7.61. The summed E-state index contributed by atoms with van der Waals surface area (Å²) < 4.78 is 62.0. The quantitative estimate of drug-likeness (QED) is 0.0232. The molecule has 11 N–H and O–H groups in total. The SMILES string of the molecule is CC(C)N(O)C(=O)C(=O)SCCNC(=O)CCNC(=O)C(O)C(C)(C)COP(=O)(O)OP(=O)(O)OCC1OC(n2cnc3c(N)ncnc32)C(O)C1OP(=O)(O)O. The van der Waals surface area contributed by atoms with Gasteiger partial charge in [0.1, 0.15) is 36.3 Å². The zero-order valence-corrected chi connectivity index (χ0v) is 34.0. The lowest BCUT2D eigenvalue weighted by atomic mass is 9.87. The summed E-state index contributed by atoms with van der Waals surface area (Å²) in [5.74, 6) is -2.78. The number of aliphatic hydroxyl groups is 2. The van der Waals surface area contributed by atoms with Crippen LogP contribution in [0.25, 0.3) is 11.2 Å². The molecule has 1 fully saturated rings. The minimum Gasteiger partial charge on any atom is -0.386 e. The average molecular weight is 897 g/mol. The molecule has 3 rings (SSSR count). The molecule has 0 aromatic carbocycles. The number of thioether (sulfide) groups is 1. The van der Waals surface area contributed by atoms with Crippen LogP contribution in [0.5, 0.6) is 0 Å². The molecular weight excluding hydrogens is 853 g/mol. The summed E-state index contributed by atoms with van der Waals surface area (Å²) >= 11 is 0.573. The molecule has 0 aliphatic carbocycles. The number of nitrogens with zero attached hydrogens (tertiary/aromatic N) is 5. The van der Waals surface area contributed by atoms with Gasteiger partial charge < -0.3 is 50.9 Å². The fourth-order valence-corrected chi connectivity index (χ4v) is 8.10. The fourth-order valence-electron chi connectivity index (χ4n) is 4.66. The molecule has 3 amide bonds. The molecule has 0 saturated carbocycles. The molecule has 7 atom stereocenters. The van der Waals surface area contributed by atoms with Gasteiger partial charge in [-0.25, -0.2) is 33.7 Å². The molecule has 2 aromatic rings. The number of aliphatic hydroxyl groups excluding tert-OH is 2. The largest absolute Gasteiger partial charge is 0.481 e. The van der Waals surface area contributed by atoms with Gasteiger partial charge in [0.05, 0.1) is 25.6 Å². The molecule has 2 aromatic heterocycles. The first-order valence-electron chi connectivity index (χ1n) is 16.3. The Morgan fingerprint density at radius 1 is 1.05 bits per heavy atom. The van der Waals surface area contributed by atoms with Crippen LogP contribution >= 0.6 is 35.2 Å². The van der Waals surface area contributed by atoms with Crippen molar-refractivity contribution in [3.63, 3.8) is 0 Å². The van der Waals surface area contributed by atoms with Crippen LogP contribution in [0.3, 0.4) is 0 Å². The highest BCUT2D eigenvalue weighted by molar-refractivity contribution is 8.15. The zero-order valence-electron chi connectivity index (χ0n) is 30.5. The van der Waals surface area contributed by atoms with Crippen molar-refractivity contribution in [2.24, 2.45) is 5.41 Å². The van der Waals surface area contributed by atoms with Crippen molar-refractivity contribution in [1.29, 1.82) is 0 Å². The van der Waals surface area contributed by atoms with E-state index in [1.165, 1.54) is 27.7 Å². The van der Waals surface area contributed by atoms with Crippen LogP contribution < -0.4 is 16.4 Å². The molecular formula is C26H43N8O19P3S. The molecule has 0 radical (unpaired) electrons. The van der Waals surface area contributed by atoms with Crippen molar-refractivity contribution >= 4 is 75.0 Å². The lowest BCUT2D eigenvalue weighted by Crippen LogP contribution is -2.46. The molecule has 27 nitrogen and oxygen atoms in total. The van der Waals surface area contributed by atoms with Gasteiger partial charge in [-0.15, -0.1) is 0 Å². The van der Waals surface area contributed by atoms with E-state index in [9.17, 15) is 67.9 Å². The Hall–Kier alpha value is -3.01. The van der Waals surface area contributed by atoms with E-state index in [1.807, 2.05) is 0 Å². The number of hydrogen-bond donors (Lipinski definition) is 10. The van der Waals surface area contributed by atoms with Crippen LogP contribution in [0, 0.1) is 5.41 Å². The van der Waals surface area contributed by atoms with E-state index in [2.05, 4.69) is 34.4 Å². The number of imidazole rings is 1. The van der Waals surface area contributed by atoms with Crippen LogP contribution in [0.15, 0.2) is 12.7 Å². The summed E-state index contributed by atoms with van der Waals surface area (Å²) in [6.07, 6.45) is -7.17. The summed E-state index contributed by atoms with van der Waals surface area (Å²) in [5.41, 5.74) is 4.18. The highest BCUT2D eigenvalue weighted by Gasteiger charge is 2.50. The number of nitrogens with one attached hydrogen (secondary N) is 2. The number of rotatable bonds is 20. The van der Waals surface area contributed by atoms with Gasteiger partial charge >= 0.3 is 29.4 Å². The van der Waals surface area contributed by atoms with Crippen molar-refractivity contribution < 1.29 is 90.5 Å². The van der Waals surface area contributed by atoms with Gasteiger partial charge in [0.15, 0.2) is 17.7 Å². The third kappa shape index (κ3) is 14.1. The molecule has 1 aliphatic rings. The lowest BCUT2D eigenvalue weighted by Gasteiger charge is -2.30. The Morgan fingerprint density at radius 3 is 2.33 bits per heavy atom. The molecule has 1 aliphatic heterocycles. The number of nitrogens with two attached hydrogens (primary N) is 1. The Bertz CT molecular complexity index is 1920. The maximum Gasteiger partial charge on any atom is 0.481 e. The number of carbonyl (C=O) groups is 4. The van der Waals surface area contributed by atoms with Crippen LogP contribution in [0.4, 0.5) is 5.82 Å². The highest BCUT2D eigenvalue weighted by Crippen LogP contribution is 2.61. The summed E-state index contributed by atoms with van der Waals surface area (Å²) in [5, 5.41) is 35.0. The minimum absolute atomic E-state index is 0.00389. The van der Waals surface area contributed by atoms with E-state index < -0.39 is 102 Å². The summed E-state index contributed by atoms with van der Waals surface area (Å²) in [6, 6.07) is -0.614. The van der Waals surface area contributed by atoms with Crippen LogP contribution in [-0.2, 0) is 55.5 Å². The molecule has 3 heterocycles. The number of carbonyl (C=O) groups excluding carboxylic acids is 4. The molecule has 1 saturated heterocycles. The van der Waals surface area contributed by atoms with Gasteiger partial charge in [-0.3, -0.25) is 42.5 Å². The van der Waals surface area contributed by atoms with Crippen molar-refractivity contribution in [3.8, 4) is 0 Å². The number of aromatic nitrogens is 4. The first kappa shape index (κ1) is 48.4. The highest BCUT2D eigenvalue weighted by atomic mass is 32.2. The number of phosphoric ester groups is 3. The summed E-state index contributed by atoms with van der Waals surface area (Å²) in [4.78, 5) is 99.0.